The van der Waals surface area contributed by atoms with Gasteiger partial charge in [0.25, 0.3) is 0 Å². The maximum absolute atomic E-state index is 12.0. The second-order valence-corrected chi connectivity index (χ2v) is 7.42. The van der Waals surface area contributed by atoms with Gasteiger partial charge >= 0.3 is 12.1 Å². The van der Waals surface area contributed by atoms with E-state index in [9.17, 15) is 9.59 Å². The Morgan fingerprint density at radius 3 is 2.07 bits per heavy atom. The highest BCUT2D eigenvalue weighted by atomic mass is 35.5. The summed E-state index contributed by atoms with van der Waals surface area (Å²) in [5, 5.41) is 12.5. The van der Waals surface area contributed by atoms with Crippen LogP contribution in [0, 0.1) is 0 Å². The Morgan fingerprint density at radius 1 is 0.867 bits per heavy atom. The summed E-state index contributed by atoms with van der Waals surface area (Å²) in [6.45, 7) is 0.249. The Bertz CT molecular complexity index is 1050. The Labute approximate surface area is 184 Å². The van der Waals surface area contributed by atoms with Crippen LogP contribution in [-0.4, -0.2) is 17.2 Å². The third-order valence-electron chi connectivity index (χ3n) is 4.39. The Balaban J connectivity index is 1.60. The molecule has 0 aliphatic heterocycles. The minimum atomic E-state index is -0.873. The van der Waals surface area contributed by atoms with E-state index in [4.69, 9.17) is 33.0 Å². The Kier molecular flexibility index (Phi) is 7.33. The van der Waals surface area contributed by atoms with Crippen molar-refractivity contribution >= 4 is 35.3 Å². The predicted octanol–water partition coefficient (Wildman–Crippen LogP) is 5.71. The van der Waals surface area contributed by atoms with Crippen LogP contribution in [0.5, 0.6) is 0 Å². The van der Waals surface area contributed by atoms with Crippen LogP contribution in [-0.2, 0) is 29.1 Å². The number of alkyl carbamates (subject to hydrolysis) is 1. The Hall–Kier alpha value is -3.02. The first-order chi connectivity index (χ1) is 14.4. The molecule has 0 spiro atoms. The number of carboxylic acids is 1. The van der Waals surface area contributed by atoms with Gasteiger partial charge in [-0.15, -0.1) is 0 Å². The van der Waals surface area contributed by atoms with Gasteiger partial charge in [-0.3, -0.25) is 4.79 Å². The number of aliphatic carboxylic acids is 1. The van der Waals surface area contributed by atoms with Crippen molar-refractivity contribution in [3.63, 3.8) is 0 Å². The minimum absolute atomic E-state index is 0.0270. The fraction of sp³-hybridized carbons (Fsp3) is 0.130. The summed E-state index contributed by atoms with van der Waals surface area (Å²) in [5.41, 5.74) is 4.00. The molecule has 0 radical (unpaired) electrons. The quantitative estimate of drug-likeness (QED) is 0.489. The molecule has 3 rings (SSSR count). The van der Waals surface area contributed by atoms with E-state index < -0.39 is 12.1 Å². The zero-order valence-electron chi connectivity index (χ0n) is 15.9. The zero-order valence-corrected chi connectivity index (χ0v) is 17.4. The van der Waals surface area contributed by atoms with Gasteiger partial charge in [-0.2, -0.15) is 0 Å². The number of rotatable bonds is 7. The molecule has 0 fully saturated rings. The molecule has 3 aromatic rings. The van der Waals surface area contributed by atoms with E-state index in [1.165, 1.54) is 0 Å². The maximum atomic E-state index is 12.0. The predicted molar refractivity (Wildman–Crippen MR) is 117 cm³/mol. The van der Waals surface area contributed by atoms with E-state index in [1.54, 1.807) is 24.3 Å². The second kappa shape index (κ2) is 10.1. The first kappa shape index (κ1) is 21.7. The van der Waals surface area contributed by atoms with Gasteiger partial charge in [0.1, 0.15) is 6.61 Å². The fourth-order valence-electron chi connectivity index (χ4n) is 2.93. The van der Waals surface area contributed by atoms with Crippen molar-refractivity contribution in [2.75, 3.05) is 0 Å². The third-order valence-corrected chi connectivity index (χ3v) is 5.10. The van der Waals surface area contributed by atoms with Gasteiger partial charge in [0.2, 0.25) is 0 Å². The van der Waals surface area contributed by atoms with Crippen molar-refractivity contribution in [1.82, 2.24) is 5.32 Å². The molecule has 0 bridgehead atoms. The first-order valence-electron chi connectivity index (χ1n) is 9.16. The zero-order chi connectivity index (χ0) is 21.5. The number of nitrogens with one attached hydrogen (secondary N) is 1. The number of hydrogen-bond acceptors (Lipinski definition) is 3. The van der Waals surface area contributed by atoms with E-state index in [0.29, 0.717) is 15.6 Å². The largest absolute Gasteiger partial charge is 0.481 e. The summed E-state index contributed by atoms with van der Waals surface area (Å²) in [6, 6.07) is 20.1. The summed E-state index contributed by atoms with van der Waals surface area (Å²) >= 11 is 12.1. The van der Waals surface area contributed by atoms with Crippen LogP contribution >= 0.6 is 23.2 Å². The van der Waals surface area contributed by atoms with Crippen LogP contribution in [0.25, 0.3) is 11.1 Å². The summed E-state index contributed by atoms with van der Waals surface area (Å²) in [7, 11) is 0. The van der Waals surface area contributed by atoms with Crippen LogP contribution in [0.1, 0.15) is 16.7 Å². The Morgan fingerprint density at radius 2 is 1.43 bits per heavy atom. The summed E-state index contributed by atoms with van der Waals surface area (Å²) in [6.07, 6.45) is -0.615. The van der Waals surface area contributed by atoms with Crippen LogP contribution in [0.15, 0.2) is 66.7 Å². The first-order valence-corrected chi connectivity index (χ1v) is 9.91. The topological polar surface area (TPSA) is 75.6 Å². The van der Waals surface area contributed by atoms with Gasteiger partial charge in [0.05, 0.1) is 6.42 Å². The number of carbonyl (C=O) groups is 2. The summed E-state index contributed by atoms with van der Waals surface area (Å²) in [5.74, 6) is -0.873. The molecule has 2 N–H and O–H groups in total. The molecule has 0 aliphatic carbocycles. The monoisotopic (exact) mass is 443 g/mol. The molecule has 0 saturated heterocycles. The highest BCUT2D eigenvalue weighted by Crippen LogP contribution is 2.25. The lowest BCUT2D eigenvalue weighted by atomic mass is 10.00. The number of hydrogen-bond donors (Lipinski definition) is 2. The molecular formula is C23H19Cl2NO4. The van der Waals surface area contributed by atoms with Gasteiger partial charge in [0.15, 0.2) is 0 Å². The van der Waals surface area contributed by atoms with Crippen LogP contribution < -0.4 is 5.32 Å². The van der Waals surface area contributed by atoms with Crippen molar-refractivity contribution in [3.05, 3.63) is 93.5 Å². The second-order valence-electron chi connectivity index (χ2n) is 6.60. The molecular weight excluding hydrogens is 425 g/mol. The third kappa shape index (κ3) is 5.99. The van der Waals surface area contributed by atoms with Gasteiger partial charge in [0, 0.05) is 22.2 Å². The molecule has 5 nitrogen and oxygen atoms in total. The van der Waals surface area contributed by atoms with E-state index >= 15 is 0 Å². The van der Waals surface area contributed by atoms with Crippen LogP contribution in [0.3, 0.4) is 0 Å². The lowest BCUT2D eigenvalue weighted by Gasteiger charge is -2.10. The molecule has 154 valence electrons. The lowest BCUT2D eigenvalue weighted by Crippen LogP contribution is -2.23. The van der Waals surface area contributed by atoms with Gasteiger partial charge in [-0.25, -0.2) is 4.79 Å². The van der Waals surface area contributed by atoms with E-state index in [2.05, 4.69) is 5.32 Å². The summed E-state index contributed by atoms with van der Waals surface area (Å²) in [4.78, 5) is 23.0. The highest BCUT2D eigenvalue weighted by molar-refractivity contribution is 6.35. The smallest absolute Gasteiger partial charge is 0.407 e. The number of amides is 1. The van der Waals surface area contributed by atoms with E-state index in [1.807, 2.05) is 42.5 Å². The molecule has 7 heteroatoms. The molecule has 0 atom stereocenters. The molecule has 3 aromatic carbocycles. The van der Waals surface area contributed by atoms with Crippen LogP contribution in [0.2, 0.25) is 10.0 Å². The van der Waals surface area contributed by atoms with Crippen molar-refractivity contribution < 1.29 is 19.4 Å². The van der Waals surface area contributed by atoms with Gasteiger partial charge in [-0.05, 0) is 40.5 Å². The normalized spacial score (nSPS) is 10.5. The van der Waals surface area contributed by atoms with Crippen LogP contribution in [0.4, 0.5) is 4.79 Å². The number of carboxylic acid groups (broad SMARTS) is 1. The number of carbonyl (C=O) groups excluding carboxylic acids is 1. The maximum Gasteiger partial charge on any atom is 0.407 e. The SMILES string of the molecule is O=C(O)Cc1cccc(-c2cccc(CNC(=O)OCc3c(Cl)cccc3Cl)c2)c1. The average molecular weight is 444 g/mol. The lowest BCUT2D eigenvalue weighted by molar-refractivity contribution is -0.136. The van der Waals surface area contributed by atoms with Crippen molar-refractivity contribution in [2.45, 2.75) is 19.6 Å². The fourth-order valence-corrected chi connectivity index (χ4v) is 3.44. The van der Waals surface area contributed by atoms with Crippen molar-refractivity contribution in [3.8, 4) is 11.1 Å². The average Bonchev–Trinajstić information content (AvgIpc) is 2.72. The molecule has 0 aromatic heterocycles. The number of benzene rings is 3. The standard InChI is InChI=1S/C23H19Cl2NO4/c24-20-8-3-9-21(25)19(20)14-30-23(29)26-13-16-5-2-7-18(11-16)17-6-1-4-15(10-17)12-22(27)28/h1-11H,12-14H2,(H,26,29)(H,27,28). The minimum Gasteiger partial charge on any atom is -0.481 e. The van der Waals surface area contributed by atoms with Crippen molar-refractivity contribution in [1.29, 1.82) is 0 Å². The number of halogens is 2. The molecule has 0 unspecified atom stereocenters. The molecule has 0 aliphatic rings. The van der Waals surface area contributed by atoms with Gasteiger partial charge in [-0.1, -0.05) is 71.7 Å². The van der Waals surface area contributed by atoms with Gasteiger partial charge < -0.3 is 15.2 Å². The molecule has 30 heavy (non-hydrogen) atoms. The molecule has 0 saturated carbocycles. The van der Waals surface area contributed by atoms with E-state index in [-0.39, 0.29) is 19.6 Å². The molecule has 0 heterocycles. The number of ether oxygens (including phenoxy) is 1. The van der Waals surface area contributed by atoms with Crippen molar-refractivity contribution in [2.24, 2.45) is 0 Å². The summed E-state index contributed by atoms with van der Waals surface area (Å²) < 4.78 is 5.20. The molecule has 1 amide bonds. The van der Waals surface area contributed by atoms with E-state index in [0.717, 1.165) is 22.3 Å². The highest BCUT2D eigenvalue weighted by Gasteiger charge is 2.09.